The Morgan fingerprint density at radius 3 is 3.20 bits per heavy atom. The molecule has 0 N–H and O–H groups in total. The van der Waals surface area contributed by atoms with Crippen molar-refractivity contribution < 1.29 is 4.52 Å². The molecule has 0 spiro atoms. The largest absolute Gasteiger partial charge is 0.338 e. The fourth-order valence-corrected chi connectivity index (χ4v) is 2.82. The average Bonchev–Trinajstić information content (AvgIpc) is 3.09. The zero-order valence-corrected chi connectivity index (χ0v) is 11.8. The molecule has 20 heavy (non-hydrogen) atoms. The molecule has 1 saturated heterocycles. The maximum atomic E-state index is 5.47. The van der Waals surface area contributed by atoms with Gasteiger partial charge in [0.1, 0.15) is 0 Å². The fraction of sp³-hybridized carbons (Fsp3) is 0.533. The molecule has 0 unspecified atom stereocenters. The molecular formula is C15H20N4O. The predicted molar refractivity (Wildman–Crippen MR) is 75.2 cm³/mol. The van der Waals surface area contributed by atoms with Crippen molar-refractivity contribution in [3.63, 3.8) is 0 Å². The molecule has 0 saturated carbocycles. The van der Waals surface area contributed by atoms with Crippen molar-refractivity contribution >= 4 is 0 Å². The number of nitrogens with zero attached hydrogens (tertiary/aromatic N) is 4. The van der Waals surface area contributed by atoms with Crippen molar-refractivity contribution in [1.82, 2.24) is 20.0 Å². The van der Waals surface area contributed by atoms with Crippen LogP contribution in [-0.4, -0.2) is 33.1 Å². The minimum Gasteiger partial charge on any atom is -0.338 e. The Hall–Kier alpha value is -1.75. The van der Waals surface area contributed by atoms with Gasteiger partial charge in [-0.25, -0.2) is 0 Å². The van der Waals surface area contributed by atoms with Crippen molar-refractivity contribution in [2.24, 2.45) is 0 Å². The van der Waals surface area contributed by atoms with E-state index in [0.717, 1.165) is 43.2 Å². The molecule has 0 aliphatic carbocycles. The monoisotopic (exact) mass is 272 g/mol. The second kappa shape index (κ2) is 6.13. The van der Waals surface area contributed by atoms with E-state index in [-0.39, 0.29) is 0 Å². The molecule has 0 bridgehead atoms. The topological polar surface area (TPSA) is 55.1 Å². The van der Waals surface area contributed by atoms with Crippen LogP contribution in [0.4, 0.5) is 0 Å². The van der Waals surface area contributed by atoms with E-state index in [4.69, 9.17) is 4.52 Å². The Kier molecular flexibility index (Phi) is 4.06. The lowest BCUT2D eigenvalue weighted by Crippen LogP contribution is -2.24. The number of rotatable bonds is 5. The van der Waals surface area contributed by atoms with Gasteiger partial charge in [-0.2, -0.15) is 4.98 Å². The zero-order chi connectivity index (χ0) is 13.8. The molecule has 1 aliphatic rings. The van der Waals surface area contributed by atoms with E-state index in [1.165, 1.54) is 6.42 Å². The highest BCUT2D eigenvalue weighted by atomic mass is 16.5. The van der Waals surface area contributed by atoms with Crippen LogP contribution in [0.3, 0.4) is 0 Å². The summed E-state index contributed by atoms with van der Waals surface area (Å²) in [6.07, 6.45) is 7.78. The molecule has 0 radical (unpaired) electrons. The lowest BCUT2D eigenvalue weighted by atomic mass is 10.2. The van der Waals surface area contributed by atoms with Gasteiger partial charge >= 0.3 is 0 Å². The molecule has 1 fully saturated rings. The number of hydrogen-bond donors (Lipinski definition) is 0. The molecule has 3 heterocycles. The first-order chi connectivity index (χ1) is 9.86. The van der Waals surface area contributed by atoms with Crippen molar-refractivity contribution in [2.75, 3.05) is 13.1 Å². The highest BCUT2D eigenvalue weighted by Gasteiger charge is 2.29. The molecule has 1 atom stereocenters. The fourth-order valence-electron chi connectivity index (χ4n) is 2.82. The Balaban J connectivity index is 1.70. The number of aromatic nitrogens is 3. The Morgan fingerprint density at radius 1 is 1.45 bits per heavy atom. The first kappa shape index (κ1) is 13.2. The van der Waals surface area contributed by atoms with E-state index in [2.05, 4.69) is 26.9 Å². The summed E-state index contributed by atoms with van der Waals surface area (Å²) in [5.74, 6) is 1.52. The standard InChI is InChI=1S/C15H20N4O/c1-2-8-19-9-4-6-13(19)15-17-14(18-20-15)10-12-5-3-7-16-11-12/h3,5,7,11,13H,2,4,6,8-10H2,1H3/t13-/m0/s1. The van der Waals surface area contributed by atoms with Crippen LogP contribution >= 0.6 is 0 Å². The van der Waals surface area contributed by atoms with Crippen molar-refractivity contribution in [3.8, 4) is 0 Å². The molecule has 5 nitrogen and oxygen atoms in total. The minimum absolute atomic E-state index is 0.310. The summed E-state index contributed by atoms with van der Waals surface area (Å²) < 4.78 is 5.47. The number of pyridine rings is 1. The van der Waals surface area contributed by atoms with Gasteiger partial charge in [0.25, 0.3) is 0 Å². The lowest BCUT2D eigenvalue weighted by molar-refractivity contribution is 0.208. The van der Waals surface area contributed by atoms with Crippen LogP contribution in [0, 0.1) is 0 Å². The van der Waals surface area contributed by atoms with Gasteiger partial charge < -0.3 is 4.52 Å². The summed E-state index contributed by atoms with van der Waals surface area (Å²) in [7, 11) is 0. The van der Waals surface area contributed by atoms with Gasteiger partial charge in [-0.1, -0.05) is 18.1 Å². The molecule has 1 aliphatic heterocycles. The smallest absolute Gasteiger partial charge is 0.244 e. The maximum absolute atomic E-state index is 5.47. The van der Waals surface area contributed by atoms with Gasteiger partial charge in [-0.05, 0) is 44.0 Å². The van der Waals surface area contributed by atoms with Crippen LogP contribution in [-0.2, 0) is 6.42 Å². The third-order valence-electron chi connectivity index (χ3n) is 3.73. The first-order valence-electron chi connectivity index (χ1n) is 7.32. The average molecular weight is 272 g/mol. The van der Waals surface area contributed by atoms with Crippen LogP contribution in [0.25, 0.3) is 0 Å². The quantitative estimate of drug-likeness (QED) is 0.837. The van der Waals surface area contributed by atoms with E-state index < -0.39 is 0 Å². The predicted octanol–water partition coefficient (Wildman–Crippen LogP) is 2.60. The molecule has 2 aromatic heterocycles. The van der Waals surface area contributed by atoms with Gasteiger partial charge in [0.2, 0.25) is 5.89 Å². The summed E-state index contributed by atoms with van der Waals surface area (Å²) in [5.41, 5.74) is 1.11. The Morgan fingerprint density at radius 2 is 2.40 bits per heavy atom. The molecule has 0 amide bonds. The second-order valence-corrected chi connectivity index (χ2v) is 5.28. The maximum Gasteiger partial charge on any atom is 0.244 e. The van der Waals surface area contributed by atoms with Crippen molar-refractivity contribution in [1.29, 1.82) is 0 Å². The summed E-state index contributed by atoms with van der Waals surface area (Å²) in [5, 5.41) is 4.11. The Bertz CT molecular complexity index is 540. The van der Waals surface area contributed by atoms with Crippen LogP contribution in [0.2, 0.25) is 0 Å². The highest BCUT2D eigenvalue weighted by molar-refractivity contribution is 5.14. The molecular weight excluding hydrogens is 252 g/mol. The van der Waals surface area contributed by atoms with Crippen LogP contribution in [0.15, 0.2) is 29.0 Å². The number of likely N-dealkylation sites (tertiary alicyclic amines) is 1. The van der Waals surface area contributed by atoms with Gasteiger partial charge in [-0.15, -0.1) is 0 Å². The van der Waals surface area contributed by atoms with Crippen LogP contribution < -0.4 is 0 Å². The molecule has 0 aromatic carbocycles. The number of hydrogen-bond acceptors (Lipinski definition) is 5. The molecule has 2 aromatic rings. The van der Waals surface area contributed by atoms with E-state index in [9.17, 15) is 0 Å². The molecule has 106 valence electrons. The summed E-state index contributed by atoms with van der Waals surface area (Å²) in [6, 6.07) is 4.27. The third kappa shape index (κ3) is 2.88. The van der Waals surface area contributed by atoms with Gasteiger partial charge in [0.05, 0.1) is 6.04 Å². The van der Waals surface area contributed by atoms with Crippen LogP contribution in [0.5, 0.6) is 0 Å². The lowest BCUT2D eigenvalue weighted by Gasteiger charge is -2.20. The summed E-state index contributed by atoms with van der Waals surface area (Å²) in [4.78, 5) is 11.1. The third-order valence-corrected chi connectivity index (χ3v) is 3.73. The van der Waals surface area contributed by atoms with E-state index in [0.29, 0.717) is 12.5 Å². The van der Waals surface area contributed by atoms with Crippen molar-refractivity contribution in [3.05, 3.63) is 41.8 Å². The second-order valence-electron chi connectivity index (χ2n) is 5.28. The Labute approximate surface area is 119 Å². The zero-order valence-electron chi connectivity index (χ0n) is 11.8. The van der Waals surface area contributed by atoms with Crippen LogP contribution in [0.1, 0.15) is 49.5 Å². The molecule has 5 heteroatoms. The molecule has 3 rings (SSSR count). The first-order valence-corrected chi connectivity index (χ1v) is 7.32. The van der Waals surface area contributed by atoms with Gasteiger partial charge in [0.15, 0.2) is 5.82 Å². The van der Waals surface area contributed by atoms with Gasteiger partial charge in [0, 0.05) is 18.8 Å². The summed E-state index contributed by atoms with van der Waals surface area (Å²) >= 11 is 0. The van der Waals surface area contributed by atoms with E-state index >= 15 is 0 Å². The highest BCUT2D eigenvalue weighted by Crippen LogP contribution is 2.30. The summed E-state index contributed by atoms with van der Waals surface area (Å²) in [6.45, 7) is 4.45. The van der Waals surface area contributed by atoms with Gasteiger partial charge in [-0.3, -0.25) is 9.88 Å². The minimum atomic E-state index is 0.310. The normalized spacial score (nSPS) is 19.6. The SMILES string of the molecule is CCCN1CCC[C@H]1c1nc(Cc2cccnc2)no1. The van der Waals surface area contributed by atoms with Crippen molar-refractivity contribution in [2.45, 2.75) is 38.6 Å². The van der Waals surface area contributed by atoms with E-state index in [1.54, 1.807) is 6.20 Å². The van der Waals surface area contributed by atoms with E-state index in [1.807, 2.05) is 18.3 Å².